The Kier molecular flexibility index (Phi) is 3.73. The predicted octanol–water partition coefficient (Wildman–Crippen LogP) is 0.875. The summed E-state index contributed by atoms with van der Waals surface area (Å²) in [5.41, 5.74) is 0.814. The summed E-state index contributed by atoms with van der Waals surface area (Å²) < 4.78 is 22.0. The Hall–Kier alpha value is -1.65. The van der Waals surface area contributed by atoms with Crippen LogP contribution in [0.3, 0.4) is 0 Å². The fourth-order valence-electron chi connectivity index (χ4n) is 2.04. The Labute approximate surface area is 115 Å². The first kappa shape index (κ1) is 13.8. The summed E-state index contributed by atoms with van der Waals surface area (Å²) in [7, 11) is 1.58. The summed E-state index contributed by atoms with van der Waals surface area (Å²) >= 11 is 0. The molecule has 1 aliphatic heterocycles. The predicted molar refractivity (Wildman–Crippen MR) is 69.1 cm³/mol. The normalized spacial score (nSPS) is 19.5. The second-order valence-corrected chi connectivity index (χ2v) is 7.12. The van der Waals surface area contributed by atoms with Crippen molar-refractivity contribution >= 4 is 31.3 Å². The van der Waals surface area contributed by atoms with Crippen LogP contribution in [0.25, 0.3) is 0 Å². The van der Waals surface area contributed by atoms with Gasteiger partial charge in [0.05, 0.1) is 17.6 Å². The average Bonchev–Trinajstić information content (AvgIpc) is 2.68. The SMILES string of the molecule is N#Cc1ccc(N2CC(CS(=O)(=O)Cl)CC2=O)cn1. The van der Waals surface area contributed by atoms with Crippen molar-refractivity contribution < 1.29 is 13.2 Å². The zero-order chi connectivity index (χ0) is 14.0. The smallest absolute Gasteiger partial charge is 0.232 e. The first-order chi connectivity index (χ1) is 8.89. The molecule has 0 aromatic carbocycles. The minimum atomic E-state index is -3.61. The van der Waals surface area contributed by atoms with E-state index in [1.165, 1.54) is 17.2 Å². The maximum Gasteiger partial charge on any atom is 0.232 e. The lowest BCUT2D eigenvalue weighted by molar-refractivity contribution is -0.117. The molecule has 1 aromatic heterocycles. The van der Waals surface area contributed by atoms with Gasteiger partial charge in [-0.3, -0.25) is 4.79 Å². The third-order valence-corrected chi connectivity index (χ3v) is 4.06. The van der Waals surface area contributed by atoms with Crippen LogP contribution < -0.4 is 4.90 Å². The van der Waals surface area contributed by atoms with Gasteiger partial charge in [0, 0.05) is 29.6 Å². The topological polar surface area (TPSA) is 91.1 Å². The van der Waals surface area contributed by atoms with Crippen LogP contribution in [0.2, 0.25) is 0 Å². The maximum atomic E-state index is 11.8. The lowest BCUT2D eigenvalue weighted by Gasteiger charge is -2.15. The quantitative estimate of drug-likeness (QED) is 0.773. The summed E-state index contributed by atoms with van der Waals surface area (Å²) in [6, 6.07) is 5.00. The largest absolute Gasteiger partial charge is 0.311 e. The van der Waals surface area contributed by atoms with Crippen LogP contribution in [-0.2, 0) is 13.8 Å². The fourth-order valence-corrected chi connectivity index (χ4v) is 3.36. The lowest BCUT2D eigenvalue weighted by Crippen LogP contribution is -2.25. The van der Waals surface area contributed by atoms with E-state index in [-0.39, 0.29) is 29.7 Å². The summed E-state index contributed by atoms with van der Waals surface area (Å²) in [6.07, 6.45) is 1.57. The summed E-state index contributed by atoms with van der Waals surface area (Å²) in [5, 5.41) is 8.64. The molecular weight excluding hydrogens is 290 g/mol. The number of halogens is 1. The van der Waals surface area contributed by atoms with E-state index in [0.717, 1.165) is 0 Å². The molecule has 0 bridgehead atoms. The molecule has 1 amide bonds. The molecule has 1 unspecified atom stereocenters. The maximum absolute atomic E-state index is 11.8. The molecule has 0 radical (unpaired) electrons. The molecule has 2 rings (SSSR count). The Morgan fingerprint density at radius 1 is 1.53 bits per heavy atom. The average molecular weight is 300 g/mol. The number of aromatic nitrogens is 1. The molecule has 1 saturated heterocycles. The van der Waals surface area contributed by atoms with Gasteiger partial charge < -0.3 is 4.90 Å². The Morgan fingerprint density at radius 2 is 2.26 bits per heavy atom. The van der Waals surface area contributed by atoms with Gasteiger partial charge in [-0.1, -0.05) is 0 Å². The molecular formula is C11H10ClN3O3S. The number of pyridine rings is 1. The summed E-state index contributed by atoms with van der Waals surface area (Å²) in [6.45, 7) is 0.290. The number of nitriles is 1. The first-order valence-electron chi connectivity index (χ1n) is 5.48. The van der Waals surface area contributed by atoms with E-state index in [9.17, 15) is 13.2 Å². The van der Waals surface area contributed by atoms with Crippen molar-refractivity contribution in [1.82, 2.24) is 4.98 Å². The fraction of sp³-hybridized carbons (Fsp3) is 0.364. The van der Waals surface area contributed by atoms with Crippen LogP contribution in [0.1, 0.15) is 12.1 Å². The van der Waals surface area contributed by atoms with Gasteiger partial charge in [0.1, 0.15) is 11.8 Å². The number of rotatable bonds is 3. The molecule has 0 aliphatic carbocycles. The van der Waals surface area contributed by atoms with Gasteiger partial charge >= 0.3 is 0 Å². The van der Waals surface area contributed by atoms with E-state index in [4.69, 9.17) is 15.9 Å². The van der Waals surface area contributed by atoms with Crippen LogP contribution in [0.15, 0.2) is 18.3 Å². The molecule has 1 atom stereocenters. The second-order valence-electron chi connectivity index (χ2n) is 4.29. The molecule has 100 valence electrons. The van der Waals surface area contributed by atoms with Crippen LogP contribution in [0, 0.1) is 17.2 Å². The molecule has 8 heteroatoms. The van der Waals surface area contributed by atoms with Crippen LogP contribution in [0.4, 0.5) is 5.69 Å². The highest BCUT2D eigenvalue weighted by atomic mass is 35.7. The van der Waals surface area contributed by atoms with Crippen LogP contribution >= 0.6 is 10.7 Å². The molecule has 0 saturated carbocycles. The zero-order valence-electron chi connectivity index (χ0n) is 9.78. The summed E-state index contributed by atoms with van der Waals surface area (Å²) in [5.74, 6) is -0.706. The number of amides is 1. The molecule has 2 heterocycles. The van der Waals surface area contributed by atoms with Crippen molar-refractivity contribution in [2.24, 2.45) is 5.92 Å². The number of hydrogen-bond donors (Lipinski definition) is 0. The van der Waals surface area contributed by atoms with E-state index >= 15 is 0 Å². The molecule has 6 nitrogen and oxygen atoms in total. The Morgan fingerprint density at radius 3 is 2.79 bits per heavy atom. The van der Waals surface area contributed by atoms with Crippen LogP contribution in [-0.4, -0.2) is 31.6 Å². The lowest BCUT2D eigenvalue weighted by atomic mass is 10.1. The van der Waals surface area contributed by atoms with Crippen molar-refractivity contribution in [2.75, 3.05) is 17.2 Å². The number of nitrogens with zero attached hydrogens (tertiary/aromatic N) is 3. The standard InChI is InChI=1S/C11H10ClN3O3S/c12-19(17,18)7-8-3-11(16)15(6-8)10-2-1-9(4-13)14-5-10/h1-2,5,8H,3,6-7H2. The highest BCUT2D eigenvalue weighted by molar-refractivity contribution is 8.13. The molecule has 1 aromatic rings. The van der Waals surface area contributed by atoms with Crippen molar-refractivity contribution in [1.29, 1.82) is 5.26 Å². The molecule has 0 spiro atoms. The third-order valence-electron chi connectivity index (χ3n) is 2.81. The second kappa shape index (κ2) is 5.15. The van der Waals surface area contributed by atoms with Gasteiger partial charge in [-0.2, -0.15) is 5.26 Å². The molecule has 0 N–H and O–H groups in total. The van der Waals surface area contributed by atoms with Crippen molar-refractivity contribution in [3.05, 3.63) is 24.0 Å². The number of carbonyl (C=O) groups excluding carboxylic acids is 1. The number of carbonyl (C=O) groups is 1. The third kappa shape index (κ3) is 3.43. The van der Waals surface area contributed by atoms with E-state index in [2.05, 4.69) is 4.98 Å². The monoisotopic (exact) mass is 299 g/mol. The molecule has 19 heavy (non-hydrogen) atoms. The Bertz CT molecular complexity index is 636. The van der Waals surface area contributed by atoms with Gasteiger partial charge in [0.2, 0.25) is 15.0 Å². The molecule has 1 fully saturated rings. The van der Waals surface area contributed by atoms with Crippen molar-refractivity contribution in [2.45, 2.75) is 6.42 Å². The van der Waals surface area contributed by atoms with Gasteiger partial charge in [-0.15, -0.1) is 0 Å². The van der Waals surface area contributed by atoms with Gasteiger partial charge in [-0.05, 0) is 12.1 Å². The molecule has 1 aliphatic rings. The van der Waals surface area contributed by atoms with E-state index in [0.29, 0.717) is 12.2 Å². The number of anilines is 1. The van der Waals surface area contributed by atoms with E-state index in [1.54, 1.807) is 6.07 Å². The van der Waals surface area contributed by atoms with Crippen molar-refractivity contribution in [3.8, 4) is 6.07 Å². The summed E-state index contributed by atoms with van der Waals surface area (Å²) in [4.78, 5) is 17.2. The van der Waals surface area contributed by atoms with Gasteiger partial charge in [-0.25, -0.2) is 13.4 Å². The highest BCUT2D eigenvalue weighted by Crippen LogP contribution is 2.26. The van der Waals surface area contributed by atoms with Gasteiger partial charge in [0.25, 0.3) is 0 Å². The minimum absolute atomic E-state index is 0.145. The number of hydrogen-bond acceptors (Lipinski definition) is 5. The minimum Gasteiger partial charge on any atom is -0.311 e. The van der Waals surface area contributed by atoms with Crippen molar-refractivity contribution in [3.63, 3.8) is 0 Å². The highest BCUT2D eigenvalue weighted by Gasteiger charge is 2.33. The van der Waals surface area contributed by atoms with E-state index in [1.807, 2.05) is 6.07 Å². The van der Waals surface area contributed by atoms with Gasteiger partial charge in [0.15, 0.2) is 0 Å². The zero-order valence-corrected chi connectivity index (χ0v) is 11.4. The van der Waals surface area contributed by atoms with Crippen LogP contribution in [0.5, 0.6) is 0 Å². The van der Waals surface area contributed by atoms with E-state index < -0.39 is 9.05 Å². The first-order valence-corrected chi connectivity index (χ1v) is 7.96. The Balaban J connectivity index is 2.13.